The topological polar surface area (TPSA) is 20.2 Å². The quantitative estimate of drug-likeness (QED) is 0.429. The van der Waals surface area contributed by atoms with Gasteiger partial charge in [0.25, 0.3) is 0 Å². The Kier molecular flexibility index (Phi) is 4.97. The minimum atomic E-state index is -4.40. The van der Waals surface area contributed by atoms with Gasteiger partial charge in [-0.3, -0.25) is 0 Å². The van der Waals surface area contributed by atoms with E-state index in [1.165, 1.54) is 0 Å². The number of halogens is 3. The third-order valence-corrected chi connectivity index (χ3v) is 0.179. The fourth-order valence-corrected chi connectivity index (χ4v) is 0. The predicted molar refractivity (Wildman–Crippen MR) is 20.3 cm³/mol. The van der Waals surface area contributed by atoms with Crippen molar-refractivity contribution in [1.82, 2.24) is 0 Å². The summed E-state index contributed by atoms with van der Waals surface area (Å²) >= 11 is 0. The molecule has 0 aromatic heterocycles. The molecule has 7 heavy (non-hydrogen) atoms. The zero-order chi connectivity index (χ0) is 5.21. The van der Waals surface area contributed by atoms with Crippen molar-refractivity contribution in [2.45, 2.75) is 6.18 Å². The maximum absolute atomic E-state index is 10.5. The van der Waals surface area contributed by atoms with Crippen molar-refractivity contribution < 1.29 is 18.3 Å². The molecule has 0 spiro atoms. The van der Waals surface area contributed by atoms with E-state index < -0.39 is 12.8 Å². The Bertz CT molecular complexity index is 42.7. The zero-order valence-corrected chi connectivity index (χ0v) is 2.79. The number of hydrogen-bond donors (Lipinski definition) is 1. The Hall–Kier alpha value is 0.347. The SMILES string of the molecule is OCC(F)(F)F.[LiH]. The molecule has 0 heterocycles. The van der Waals surface area contributed by atoms with Crippen LogP contribution in [0.5, 0.6) is 0 Å². The van der Waals surface area contributed by atoms with Gasteiger partial charge in [-0.05, 0) is 0 Å². The molecule has 1 N–H and O–H groups in total. The number of hydrogen-bond acceptors (Lipinski definition) is 1. The second kappa shape index (κ2) is 3.36. The van der Waals surface area contributed by atoms with Crippen LogP contribution in [0.3, 0.4) is 0 Å². The summed E-state index contributed by atoms with van der Waals surface area (Å²) in [4.78, 5) is 0. The molecule has 0 unspecified atom stereocenters. The molecule has 0 bridgehead atoms. The van der Waals surface area contributed by atoms with Crippen molar-refractivity contribution in [1.29, 1.82) is 0 Å². The van der Waals surface area contributed by atoms with Gasteiger partial charge in [-0.1, -0.05) is 0 Å². The van der Waals surface area contributed by atoms with E-state index >= 15 is 0 Å². The van der Waals surface area contributed by atoms with Gasteiger partial charge < -0.3 is 5.11 Å². The second-order valence-electron chi connectivity index (χ2n) is 0.773. The van der Waals surface area contributed by atoms with Crippen LogP contribution in [0.2, 0.25) is 0 Å². The summed E-state index contributed by atoms with van der Waals surface area (Å²) in [5.74, 6) is 0. The summed E-state index contributed by atoms with van der Waals surface area (Å²) in [5, 5.41) is 7.28. The molecule has 0 aromatic rings. The molecule has 0 aromatic carbocycles. The van der Waals surface area contributed by atoms with Gasteiger partial charge >= 0.3 is 25.0 Å². The van der Waals surface area contributed by atoms with E-state index in [4.69, 9.17) is 5.11 Å². The van der Waals surface area contributed by atoms with E-state index in [1.807, 2.05) is 0 Å². The first-order chi connectivity index (χ1) is 2.56. The van der Waals surface area contributed by atoms with Crippen molar-refractivity contribution >= 4 is 18.9 Å². The Labute approximate surface area is 50.7 Å². The standard InChI is InChI=1S/C2H3F3O.Li.H/c3-2(4,5)1-6;;/h6H,1H2;;. The van der Waals surface area contributed by atoms with Gasteiger partial charge in [0.15, 0.2) is 0 Å². The molecule has 0 atom stereocenters. The monoisotopic (exact) mass is 108 g/mol. The zero-order valence-electron chi connectivity index (χ0n) is 2.79. The molecule has 0 fully saturated rings. The van der Waals surface area contributed by atoms with Gasteiger partial charge in [0.05, 0.1) is 0 Å². The summed E-state index contributed by atoms with van der Waals surface area (Å²) < 4.78 is 31.6. The molecular formula is C2H4F3LiO. The average molecular weight is 108 g/mol. The van der Waals surface area contributed by atoms with E-state index in [9.17, 15) is 13.2 Å². The van der Waals surface area contributed by atoms with Gasteiger partial charge in [0, 0.05) is 0 Å². The first-order valence-electron chi connectivity index (χ1n) is 1.24. The van der Waals surface area contributed by atoms with Crippen LogP contribution in [-0.2, 0) is 0 Å². The normalized spacial score (nSPS) is 10.3. The Morgan fingerprint density at radius 2 is 1.43 bits per heavy atom. The van der Waals surface area contributed by atoms with Gasteiger partial charge in [-0.25, -0.2) is 0 Å². The van der Waals surface area contributed by atoms with Crippen LogP contribution in [-0.4, -0.2) is 36.8 Å². The maximum atomic E-state index is 10.5. The molecule has 0 aliphatic rings. The van der Waals surface area contributed by atoms with E-state index in [0.717, 1.165) is 0 Å². The number of aliphatic hydroxyl groups is 1. The average Bonchev–Trinajstić information content (AvgIpc) is 1.35. The fraction of sp³-hybridized carbons (Fsp3) is 1.00. The molecule has 1 nitrogen and oxygen atoms in total. The van der Waals surface area contributed by atoms with Crippen LogP contribution in [0.1, 0.15) is 0 Å². The van der Waals surface area contributed by atoms with Crippen LogP contribution in [0.15, 0.2) is 0 Å². The van der Waals surface area contributed by atoms with Crippen molar-refractivity contribution in [3.8, 4) is 0 Å². The summed E-state index contributed by atoms with van der Waals surface area (Å²) in [6, 6.07) is 0. The van der Waals surface area contributed by atoms with E-state index in [1.54, 1.807) is 0 Å². The molecule has 0 saturated heterocycles. The number of aliphatic hydroxyl groups excluding tert-OH is 1. The molecule has 0 amide bonds. The summed E-state index contributed by atoms with van der Waals surface area (Å²) in [7, 11) is 0. The summed E-state index contributed by atoms with van der Waals surface area (Å²) in [6.45, 7) is -1.73. The van der Waals surface area contributed by atoms with Crippen molar-refractivity contribution in [3.63, 3.8) is 0 Å². The minimum absolute atomic E-state index is 0. The van der Waals surface area contributed by atoms with Gasteiger partial charge in [0.1, 0.15) is 6.61 Å². The van der Waals surface area contributed by atoms with Crippen LogP contribution in [0.4, 0.5) is 13.2 Å². The van der Waals surface area contributed by atoms with Crippen LogP contribution < -0.4 is 0 Å². The molecule has 0 radical (unpaired) electrons. The van der Waals surface area contributed by atoms with Gasteiger partial charge in [-0.15, -0.1) is 0 Å². The van der Waals surface area contributed by atoms with Crippen molar-refractivity contribution in [3.05, 3.63) is 0 Å². The molecule has 40 valence electrons. The van der Waals surface area contributed by atoms with Crippen LogP contribution in [0, 0.1) is 0 Å². The first-order valence-corrected chi connectivity index (χ1v) is 1.24. The van der Waals surface area contributed by atoms with Gasteiger partial charge in [-0.2, -0.15) is 13.2 Å². The Balaban J connectivity index is 0. The molecular weight excluding hydrogens is 104 g/mol. The predicted octanol–water partition coefficient (Wildman–Crippen LogP) is -0.107. The van der Waals surface area contributed by atoms with E-state index in [2.05, 4.69) is 0 Å². The molecule has 0 aliphatic carbocycles. The Morgan fingerprint density at radius 1 is 1.29 bits per heavy atom. The van der Waals surface area contributed by atoms with E-state index in [-0.39, 0.29) is 18.9 Å². The summed E-state index contributed by atoms with van der Waals surface area (Å²) in [5.41, 5.74) is 0. The molecule has 0 aliphatic heterocycles. The van der Waals surface area contributed by atoms with Crippen molar-refractivity contribution in [2.75, 3.05) is 6.61 Å². The van der Waals surface area contributed by atoms with Gasteiger partial charge in [0.2, 0.25) is 0 Å². The number of rotatable bonds is 0. The van der Waals surface area contributed by atoms with E-state index in [0.29, 0.717) is 0 Å². The third-order valence-electron chi connectivity index (χ3n) is 0.179. The first kappa shape index (κ1) is 10.4. The third kappa shape index (κ3) is 10.7. The number of alkyl halides is 3. The van der Waals surface area contributed by atoms with Crippen molar-refractivity contribution in [2.24, 2.45) is 0 Å². The molecule has 5 heteroatoms. The second-order valence-corrected chi connectivity index (χ2v) is 0.773. The Morgan fingerprint density at radius 3 is 1.43 bits per heavy atom. The van der Waals surface area contributed by atoms with Crippen LogP contribution >= 0.6 is 0 Å². The molecule has 0 rings (SSSR count). The van der Waals surface area contributed by atoms with Crippen LogP contribution in [0.25, 0.3) is 0 Å². The fourth-order valence-electron chi connectivity index (χ4n) is 0. The summed E-state index contributed by atoms with van der Waals surface area (Å²) in [6.07, 6.45) is -4.40. The molecule has 0 saturated carbocycles.